The van der Waals surface area contributed by atoms with Gasteiger partial charge in [-0.25, -0.2) is 4.79 Å². The van der Waals surface area contributed by atoms with E-state index in [4.69, 9.17) is 5.11 Å². The number of β-lactam (4-membered cyclic amide) rings is 1. The standard InChI is InChI=1S/C10H11BrN2O4S/c1-4-3-18-9-6(12-5(14)2-11)8(15)13(9)7(4)10(16)17/h6,9H,2-3H2,1H3,(H,12,14)(H,16,17)/t6-,9-/m1/s1. The smallest absolute Gasteiger partial charge is 0.352 e. The Morgan fingerprint density at radius 1 is 1.61 bits per heavy atom. The first-order valence-corrected chi connectivity index (χ1v) is 7.37. The van der Waals surface area contributed by atoms with Gasteiger partial charge in [-0.15, -0.1) is 11.8 Å². The minimum absolute atomic E-state index is 0.0492. The van der Waals surface area contributed by atoms with Gasteiger partial charge in [-0.3, -0.25) is 14.5 Å². The fourth-order valence-corrected chi connectivity index (χ4v) is 3.44. The van der Waals surface area contributed by atoms with Crippen LogP contribution in [0.2, 0.25) is 0 Å². The van der Waals surface area contributed by atoms with Gasteiger partial charge in [0.15, 0.2) is 0 Å². The zero-order chi connectivity index (χ0) is 13.4. The zero-order valence-corrected chi connectivity index (χ0v) is 11.9. The van der Waals surface area contributed by atoms with Crippen molar-refractivity contribution in [2.24, 2.45) is 0 Å². The van der Waals surface area contributed by atoms with Crippen LogP contribution >= 0.6 is 27.7 Å². The number of fused-ring (bicyclic) bond motifs is 1. The number of hydrogen-bond acceptors (Lipinski definition) is 4. The van der Waals surface area contributed by atoms with Crippen LogP contribution in [0.4, 0.5) is 0 Å². The van der Waals surface area contributed by atoms with Gasteiger partial charge in [-0.2, -0.15) is 0 Å². The summed E-state index contributed by atoms with van der Waals surface area (Å²) in [4.78, 5) is 35.5. The molecule has 98 valence electrons. The van der Waals surface area contributed by atoms with Crippen molar-refractivity contribution in [1.29, 1.82) is 0 Å². The van der Waals surface area contributed by atoms with Crippen LogP contribution in [0.25, 0.3) is 0 Å². The van der Waals surface area contributed by atoms with Crippen LogP contribution in [0.1, 0.15) is 6.92 Å². The lowest BCUT2D eigenvalue weighted by Gasteiger charge is -2.49. The molecule has 6 nitrogen and oxygen atoms in total. The first-order chi connectivity index (χ1) is 8.47. The minimum atomic E-state index is -1.10. The molecular weight excluding hydrogens is 324 g/mol. The SMILES string of the molecule is CC1=C(C(=O)O)N2C(=O)[C@@H](NC(=O)CBr)[C@H]2SC1. The summed E-state index contributed by atoms with van der Waals surface area (Å²) < 4.78 is 0. The summed E-state index contributed by atoms with van der Waals surface area (Å²) in [5, 5.41) is 11.5. The van der Waals surface area contributed by atoms with Crippen LogP contribution in [-0.4, -0.2) is 50.3 Å². The van der Waals surface area contributed by atoms with Gasteiger partial charge in [0.2, 0.25) is 5.91 Å². The van der Waals surface area contributed by atoms with Crippen LogP contribution in [0.15, 0.2) is 11.3 Å². The topological polar surface area (TPSA) is 86.7 Å². The van der Waals surface area contributed by atoms with Gasteiger partial charge in [0.25, 0.3) is 5.91 Å². The monoisotopic (exact) mass is 334 g/mol. The third kappa shape index (κ3) is 2.03. The van der Waals surface area contributed by atoms with Crippen LogP contribution in [0.5, 0.6) is 0 Å². The first-order valence-electron chi connectivity index (χ1n) is 5.20. The fraction of sp³-hybridized carbons (Fsp3) is 0.500. The number of nitrogens with zero attached hydrogens (tertiary/aromatic N) is 1. The zero-order valence-electron chi connectivity index (χ0n) is 9.47. The Morgan fingerprint density at radius 2 is 2.28 bits per heavy atom. The molecule has 2 aliphatic rings. The lowest BCUT2D eigenvalue weighted by molar-refractivity contribution is -0.150. The number of amides is 2. The number of rotatable bonds is 3. The molecule has 8 heteroatoms. The highest BCUT2D eigenvalue weighted by atomic mass is 79.9. The molecular formula is C10H11BrN2O4S. The molecule has 2 N–H and O–H groups in total. The third-order valence-electron chi connectivity index (χ3n) is 2.80. The van der Waals surface area contributed by atoms with Gasteiger partial charge in [-0.05, 0) is 12.5 Å². The molecule has 2 amide bonds. The van der Waals surface area contributed by atoms with Gasteiger partial charge >= 0.3 is 5.97 Å². The molecule has 2 rings (SSSR count). The summed E-state index contributed by atoms with van der Waals surface area (Å²) in [6.07, 6.45) is 0. The van der Waals surface area contributed by atoms with Crippen LogP contribution in [0, 0.1) is 0 Å². The van der Waals surface area contributed by atoms with Crippen molar-refractivity contribution in [1.82, 2.24) is 10.2 Å². The molecule has 0 bridgehead atoms. The molecule has 0 aliphatic carbocycles. The van der Waals surface area contributed by atoms with Gasteiger partial charge < -0.3 is 10.4 Å². The van der Waals surface area contributed by atoms with Crippen molar-refractivity contribution in [2.75, 3.05) is 11.1 Å². The molecule has 0 spiro atoms. The lowest BCUT2D eigenvalue weighted by atomic mass is 10.0. The highest BCUT2D eigenvalue weighted by Crippen LogP contribution is 2.39. The van der Waals surface area contributed by atoms with Gasteiger partial charge in [0.05, 0.1) is 5.33 Å². The average molecular weight is 335 g/mol. The first kappa shape index (κ1) is 13.4. The third-order valence-corrected chi connectivity index (χ3v) is 4.73. The Hall–Kier alpha value is -1.02. The number of aliphatic carboxylic acids is 1. The molecule has 2 atom stereocenters. The van der Waals surface area contributed by atoms with E-state index in [-0.39, 0.29) is 28.2 Å². The quantitative estimate of drug-likeness (QED) is 0.566. The Bertz CT molecular complexity index is 465. The molecule has 0 aromatic rings. The van der Waals surface area contributed by atoms with Crippen molar-refractivity contribution in [2.45, 2.75) is 18.3 Å². The van der Waals surface area contributed by atoms with Crippen LogP contribution < -0.4 is 5.32 Å². The van der Waals surface area contributed by atoms with Gasteiger partial charge in [-0.1, -0.05) is 15.9 Å². The second-order valence-corrected chi connectivity index (χ2v) is 5.69. The van der Waals surface area contributed by atoms with Crippen molar-refractivity contribution >= 4 is 45.5 Å². The molecule has 0 aromatic heterocycles. The molecule has 0 unspecified atom stereocenters. The van der Waals surface area contributed by atoms with E-state index in [9.17, 15) is 14.4 Å². The van der Waals surface area contributed by atoms with Crippen molar-refractivity contribution in [3.8, 4) is 0 Å². The number of alkyl halides is 1. The average Bonchev–Trinajstić information content (AvgIpc) is 2.34. The molecule has 0 radical (unpaired) electrons. The van der Waals surface area contributed by atoms with E-state index in [1.165, 1.54) is 16.7 Å². The number of hydrogen-bond donors (Lipinski definition) is 2. The van der Waals surface area contributed by atoms with Crippen molar-refractivity contribution < 1.29 is 19.5 Å². The summed E-state index contributed by atoms with van der Waals surface area (Å²) in [5.41, 5.74) is 0.718. The largest absolute Gasteiger partial charge is 0.477 e. The maximum absolute atomic E-state index is 11.9. The van der Waals surface area contributed by atoms with Crippen LogP contribution in [0.3, 0.4) is 0 Å². The summed E-state index contributed by atoms with van der Waals surface area (Å²) in [5.74, 6) is -1.19. The van der Waals surface area contributed by atoms with E-state index in [0.29, 0.717) is 11.3 Å². The number of carbonyl (C=O) groups excluding carboxylic acids is 2. The van der Waals surface area contributed by atoms with Crippen molar-refractivity contribution in [3.63, 3.8) is 0 Å². The summed E-state index contributed by atoms with van der Waals surface area (Å²) in [6, 6.07) is -0.623. The Kier molecular flexibility index (Phi) is 3.67. The summed E-state index contributed by atoms with van der Waals surface area (Å²) in [7, 11) is 0. The highest BCUT2D eigenvalue weighted by molar-refractivity contribution is 9.09. The maximum Gasteiger partial charge on any atom is 0.352 e. The highest BCUT2D eigenvalue weighted by Gasteiger charge is 2.53. The molecule has 0 saturated carbocycles. The molecule has 2 aliphatic heterocycles. The summed E-state index contributed by atoms with van der Waals surface area (Å²) in [6.45, 7) is 1.70. The van der Waals surface area contributed by atoms with E-state index < -0.39 is 12.0 Å². The maximum atomic E-state index is 11.9. The Labute approximate surface area is 116 Å². The number of carbonyl (C=O) groups is 3. The normalized spacial score (nSPS) is 26.6. The predicted molar refractivity (Wildman–Crippen MR) is 69.2 cm³/mol. The molecule has 1 saturated heterocycles. The molecule has 1 fully saturated rings. The van der Waals surface area contributed by atoms with E-state index in [2.05, 4.69) is 21.2 Å². The molecule has 18 heavy (non-hydrogen) atoms. The van der Waals surface area contributed by atoms with Crippen molar-refractivity contribution in [3.05, 3.63) is 11.3 Å². The van der Waals surface area contributed by atoms with Gasteiger partial charge in [0, 0.05) is 5.75 Å². The Morgan fingerprint density at radius 3 is 2.83 bits per heavy atom. The van der Waals surface area contributed by atoms with E-state index in [1.54, 1.807) is 6.92 Å². The number of thioether (sulfide) groups is 1. The second kappa shape index (κ2) is 4.93. The Balaban J connectivity index is 2.18. The van der Waals surface area contributed by atoms with Crippen LogP contribution in [-0.2, 0) is 14.4 Å². The fourth-order valence-electron chi connectivity index (χ4n) is 1.99. The summed E-state index contributed by atoms with van der Waals surface area (Å²) >= 11 is 4.46. The number of halogens is 1. The van der Waals surface area contributed by atoms with E-state index in [0.717, 1.165) is 0 Å². The second-order valence-electron chi connectivity index (χ2n) is 4.02. The van der Waals surface area contributed by atoms with E-state index in [1.807, 2.05) is 0 Å². The number of carboxylic acid groups (broad SMARTS) is 1. The number of carboxylic acids is 1. The number of nitrogens with one attached hydrogen (secondary N) is 1. The molecule has 0 aromatic carbocycles. The minimum Gasteiger partial charge on any atom is -0.477 e. The van der Waals surface area contributed by atoms with Gasteiger partial charge in [0.1, 0.15) is 17.1 Å². The lowest BCUT2D eigenvalue weighted by Crippen LogP contribution is -2.70. The van der Waals surface area contributed by atoms with E-state index >= 15 is 0 Å². The predicted octanol–water partition coefficient (Wildman–Crippen LogP) is 0.140. The molecule has 2 heterocycles.